The fraction of sp³-hybridized carbons (Fsp3) is 0.421. The van der Waals surface area contributed by atoms with Crippen molar-refractivity contribution >= 4 is 24.2 Å². The van der Waals surface area contributed by atoms with Crippen LogP contribution in [0.25, 0.3) is 0 Å². The molecule has 0 unspecified atom stereocenters. The Labute approximate surface area is 150 Å². The van der Waals surface area contributed by atoms with Gasteiger partial charge in [0, 0.05) is 16.8 Å². The highest BCUT2D eigenvalue weighted by Gasteiger charge is 2.52. The number of carbonyl (C=O) groups is 1. The molecule has 1 fully saturated rings. The number of hydrogen-bond donors (Lipinski definition) is 1. The summed E-state index contributed by atoms with van der Waals surface area (Å²) in [7, 11) is 0.763. The third-order valence-electron chi connectivity index (χ3n) is 4.79. The van der Waals surface area contributed by atoms with Gasteiger partial charge in [0.05, 0.1) is 23.9 Å². The standard InChI is InChI=1S/C19H26BNO4/c1-8-14(9-2)21-16-11-10-13(17(22)23-7)12-15(16)20-24-18(3,4)19(5,6)25-20/h8-12,21H,1H2,2-7H3/b14-9+. The van der Waals surface area contributed by atoms with E-state index in [4.69, 9.17) is 14.0 Å². The molecule has 0 radical (unpaired) electrons. The van der Waals surface area contributed by atoms with Crippen molar-refractivity contribution in [1.82, 2.24) is 0 Å². The van der Waals surface area contributed by atoms with Crippen LogP contribution in [0.4, 0.5) is 5.69 Å². The largest absolute Gasteiger partial charge is 0.497 e. The summed E-state index contributed by atoms with van der Waals surface area (Å²) in [5.41, 5.74) is 1.87. The molecule has 5 nitrogen and oxygen atoms in total. The highest BCUT2D eigenvalue weighted by Crippen LogP contribution is 2.37. The molecule has 1 aromatic carbocycles. The minimum atomic E-state index is -0.597. The van der Waals surface area contributed by atoms with E-state index in [9.17, 15) is 4.79 Å². The number of anilines is 1. The average Bonchev–Trinajstić information content (AvgIpc) is 2.79. The number of benzene rings is 1. The summed E-state index contributed by atoms with van der Waals surface area (Å²) >= 11 is 0. The van der Waals surface area contributed by atoms with E-state index in [1.54, 1.807) is 18.2 Å². The van der Waals surface area contributed by atoms with Gasteiger partial charge in [-0.25, -0.2) is 4.79 Å². The van der Waals surface area contributed by atoms with Crippen LogP contribution in [-0.2, 0) is 14.0 Å². The molecule has 1 heterocycles. The Kier molecular flexibility index (Phi) is 5.44. The second-order valence-electron chi connectivity index (χ2n) is 6.96. The molecule has 1 aromatic rings. The molecule has 0 bridgehead atoms. The molecule has 0 amide bonds. The van der Waals surface area contributed by atoms with E-state index in [2.05, 4.69) is 11.9 Å². The van der Waals surface area contributed by atoms with Crippen LogP contribution in [0.3, 0.4) is 0 Å². The van der Waals surface area contributed by atoms with Crippen LogP contribution in [0.5, 0.6) is 0 Å². The summed E-state index contributed by atoms with van der Waals surface area (Å²) in [5.74, 6) is -0.403. The second-order valence-corrected chi connectivity index (χ2v) is 6.96. The van der Waals surface area contributed by atoms with Crippen LogP contribution in [-0.4, -0.2) is 31.4 Å². The van der Waals surface area contributed by atoms with E-state index in [1.165, 1.54) is 7.11 Å². The van der Waals surface area contributed by atoms with Gasteiger partial charge < -0.3 is 19.4 Å². The molecule has 0 aromatic heterocycles. The predicted octanol–water partition coefficient (Wildman–Crippen LogP) is 3.27. The maximum absolute atomic E-state index is 11.9. The van der Waals surface area contributed by atoms with Gasteiger partial charge in [-0.1, -0.05) is 12.7 Å². The topological polar surface area (TPSA) is 56.8 Å². The maximum atomic E-state index is 11.9. The van der Waals surface area contributed by atoms with Crippen molar-refractivity contribution in [3.63, 3.8) is 0 Å². The summed E-state index contributed by atoms with van der Waals surface area (Å²) in [4.78, 5) is 11.9. The number of allylic oxidation sites excluding steroid dienone is 2. The van der Waals surface area contributed by atoms with E-state index < -0.39 is 24.3 Å². The Balaban J connectivity index is 2.48. The van der Waals surface area contributed by atoms with Gasteiger partial charge in [-0.3, -0.25) is 0 Å². The van der Waals surface area contributed by atoms with Crippen LogP contribution in [0.2, 0.25) is 0 Å². The van der Waals surface area contributed by atoms with Crippen molar-refractivity contribution in [2.75, 3.05) is 12.4 Å². The van der Waals surface area contributed by atoms with Crippen LogP contribution in [0.1, 0.15) is 45.0 Å². The van der Waals surface area contributed by atoms with Crippen molar-refractivity contribution in [1.29, 1.82) is 0 Å². The van der Waals surface area contributed by atoms with Crippen molar-refractivity contribution in [2.45, 2.75) is 45.8 Å². The summed E-state index contributed by atoms with van der Waals surface area (Å²) in [5, 5.41) is 3.29. The lowest BCUT2D eigenvalue weighted by Crippen LogP contribution is -2.41. The summed E-state index contributed by atoms with van der Waals surface area (Å²) in [6.45, 7) is 13.7. The molecule has 1 aliphatic heterocycles. The lowest BCUT2D eigenvalue weighted by atomic mass is 9.77. The SMILES string of the molecule is C=C/C(=C\C)Nc1ccc(C(=O)OC)cc1B1OC(C)(C)C(C)(C)O1. The molecular formula is C19H26BNO4. The minimum Gasteiger partial charge on any atom is -0.465 e. The zero-order valence-electron chi connectivity index (χ0n) is 15.8. The van der Waals surface area contributed by atoms with Gasteiger partial charge >= 0.3 is 13.1 Å². The smallest absolute Gasteiger partial charge is 0.465 e. The summed E-state index contributed by atoms with van der Waals surface area (Å²) in [6.07, 6.45) is 3.64. The van der Waals surface area contributed by atoms with Gasteiger partial charge in [0.25, 0.3) is 0 Å². The molecule has 1 N–H and O–H groups in total. The fourth-order valence-electron chi connectivity index (χ4n) is 2.48. The zero-order chi connectivity index (χ0) is 18.8. The third-order valence-corrected chi connectivity index (χ3v) is 4.79. The lowest BCUT2D eigenvalue weighted by Gasteiger charge is -2.32. The van der Waals surface area contributed by atoms with Crippen molar-refractivity contribution in [2.24, 2.45) is 0 Å². The normalized spacial score (nSPS) is 18.8. The molecule has 134 valence electrons. The molecule has 0 saturated carbocycles. The first-order valence-corrected chi connectivity index (χ1v) is 8.29. The molecule has 1 aliphatic rings. The summed E-state index contributed by atoms with van der Waals surface area (Å²) < 4.78 is 17.1. The first-order valence-electron chi connectivity index (χ1n) is 8.29. The summed E-state index contributed by atoms with van der Waals surface area (Å²) in [6, 6.07) is 5.27. The maximum Gasteiger partial charge on any atom is 0.497 e. The average molecular weight is 343 g/mol. The van der Waals surface area contributed by atoms with Crippen LogP contribution in [0.15, 0.2) is 42.6 Å². The van der Waals surface area contributed by atoms with E-state index in [0.717, 1.165) is 16.8 Å². The number of ether oxygens (including phenoxy) is 1. The molecule has 0 aliphatic carbocycles. The third kappa shape index (κ3) is 3.80. The Bertz CT molecular complexity index is 693. The first-order chi connectivity index (χ1) is 11.6. The molecular weight excluding hydrogens is 317 g/mol. The quantitative estimate of drug-likeness (QED) is 0.505. The van der Waals surface area contributed by atoms with Gasteiger partial charge in [-0.05, 0) is 58.9 Å². The van der Waals surface area contributed by atoms with Crippen molar-refractivity contribution < 1.29 is 18.8 Å². The number of methoxy groups -OCH3 is 1. The molecule has 25 heavy (non-hydrogen) atoms. The van der Waals surface area contributed by atoms with Crippen LogP contribution >= 0.6 is 0 Å². The zero-order valence-corrected chi connectivity index (χ0v) is 15.8. The van der Waals surface area contributed by atoms with E-state index in [0.29, 0.717) is 5.56 Å². The number of carbonyl (C=O) groups excluding carboxylic acids is 1. The molecule has 0 atom stereocenters. The van der Waals surface area contributed by atoms with Gasteiger partial charge in [0.1, 0.15) is 0 Å². The molecule has 6 heteroatoms. The lowest BCUT2D eigenvalue weighted by molar-refractivity contribution is 0.00578. The van der Waals surface area contributed by atoms with Gasteiger partial charge in [0.15, 0.2) is 0 Å². The fourth-order valence-corrected chi connectivity index (χ4v) is 2.48. The first kappa shape index (κ1) is 19.3. The van der Waals surface area contributed by atoms with E-state index in [-0.39, 0.29) is 0 Å². The highest BCUT2D eigenvalue weighted by atomic mass is 16.7. The van der Waals surface area contributed by atoms with Crippen molar-refractivity contribution in [3.05, 3.63) is 48.2 Å². The van der Waals surface area contributed by atoms with Crippen LogP contribution < -0.4 is 10.8 Å². The van der Waals surface area contributed by atoms with Gasteiger partial charge in [0.2, 0.25) is 0 Å². The monoisotopic (exact) mass is 343 g/mol. The Hall–Kier alpha value is -2.05. The van der Waals surface area contributed by atoms with E-state index in [1.807, 2.05) is 46.8 Å². The predicted molar refractivity (Wildman–Crippen MR) is 101 cm³/mol. The minimum absolute atomic E-state index is 0.403. The number of rotatable bonds is 5. The van der Waals surface area contributed by atoms with Crippen molar-refractivity contribution in [3.8, 4) is 0 Å². The number of hydrogen-bond acceptors (Lipinski definition) is 5. The number of nitrogens with one attached hydrogen (secondary N) is 1. The molecule has 0 spiro atoms. The van der Waals surface area contributed by atoms with Gasteiger partial charge in [-0.15, -0.1) is 0 Å². The Morgan fingerprint density at radius 1 is 1.24 bits per heavy atom. The number of esters is 1. The van der Waals surface area contributed by atoms with Gasteiger partial charge in [-0.2, -0.15) is 0 Å². The Morgan fingerprint density at radius 3 is 2.32 bits per heavy atom. The molecule has 2 rings (SSSR count). The van der Waals surface area contributed by atoms with E-state index >= 15 is 0 Å². The second kappa shape index (κ2) is 7.06. The Morgan fingerprint density at radius 2 is 1.84 bits per heavy atom. The van der Waals surface area contributed by atoms with Crippen LogP contribution in [0, 0.1) is 0 Å². The molecule has 1 saturated heterocycles. The highest BCUT2D eigenvalue weighted by molar-refractivity contribution is 6.64.